The monoisotopic (exact) mass is 314 g/mol. The van der Waals surface area contributed by atoms with Gasteiger partial charge < -0.3 is 5.11 Å². The van der Waals surface area contributed by atoms with E-state index in [0.717, 1.165) is 10.6 Å². The highest BCUT2D eigenvalue weighted by Crippen LogP contribution is 2.20. The fourth-order valence-electron chi connectivity index (χ4n) is 1.93. The summed E-state index contributed by atoms with van der Waals surface area (Å²) in [5.41, 5.74) is 0. The van der Waals surface area contributed by atoms with Gasteiger partial charge in [0.05, 0.1) is 5.75 Å². The third-order valence-electron chi connectivity index (χ3n) is 3.33. The molecule has 0 aliphatic carbocycles. The molecule has 0 aromatic carbocycles. The molecule has 1 heterocycles. The summed E-state index contributed by atoms with van der Waals surface area (Å²) in [6.45, 7) is 0.784. The second-order valence-corrected chi connectivity index (χ2v) is 9.28. The van der Waals surface area contributed by atoms with Gasteiger partial charge in [-0.3, -0.25) is 0 Å². The van der Waals surface area contributed by atoms with Crippen molar-refractivity contribution in [3.8, 4) is 0 Å². The predicted molar refractivity (Wildman–Crippen MR) is 72.6 cm³/mol. The van der Waals surface area contributed by atoms with Crippen LogP contribution in [0.5, 0.6) is 0 Å². The number of hydrogen-bond donors (Lipinski definition) is 1. The summed E-state index contributed by atoms with van der Waals surface area (Å²) in [4.78, 5) is 0. The quantitative estimate of drug-likeness (QED) is 0.672. The first-order valence-corrected chi connectivity index (χ1v) is 9.62. The van der Waals surface area contributed by atoms with Gasteiger partial charge in [0.25, 0.3) is 10.2 Å². The number of hydrogen-bond acceptors (Lipinski definition) is 5. The van der Waals surface area contributed by atoms with Crippen LogP contribution in [0.3, 0.4) is 0 Å². The van der Waals surface area contributed by atoms with E-state index in [4.69, 9.17) is 5.11 Å². The zero-order valence-corrected chi connectivity index (χ0v) is 13.0. The van der Waals surface area contributed by atoms with Crippen LogP contribution in [0.15, 0.2) is 0 Å². The van der Waals surface area contributed by atoms with E-state index in [0.29, 0.717) is 25.9 Å². The Labute approximate surface area is 115 Å². The van der Waals surface area contributed by atoms with Gasteiger partial charge in [-0.25, -0.2) is 8.42 Å². The average Bonchev–Trinajstić information content (AvgIpc) is 2.35. The van der Waals surface area contributed by atoms with Crippen LogP contribution in [-0.4, -0.2) is 75.8 Å². The van der Waals surface area contributed by atoms with E-state index in [1.165, 1.54) is 11.4 Å². The van der Waals surface area contributed by atoms with Gasteiger partial charge in [0.15, 0.2) is 0 Å². The van der Waals surface area contributed by atoms with Crippen molar-refractivity contribution < 1.29 is 21.9 Å². The molecule has 9 heteroatoms. The van der Waals surface area contributed by atoms with Crippen LogP contribution in [0.4, 0.5) is 0 Å². The van der Waals surface area contributed by atoms with E-state index in [2.05, 4.69) is 0 Å². The average molecular weight is 314 g/mol. The number of nitrogens with zero attached hydrogens (tertiary/aromatic N) is 2. The summed E-state index contributed by atoms with van der Waals surface area (Å²) in [6, 6.07) is 0. The molecule has 0 atom stereocenters. The highest BCUT2D eigenvalue weighted by Gasteiger charge is 2.31. The van der Waals surface area contributed by atoms with Crippen molar-refractivity contribution in [2.45, 2.75) is 12.8 Å². The van der Waals surface area contributed by atoms with E-state index < -0.39 is 20.0 Å². The fraction of sp³-hybridized carbons (Fsp3) is 1.00. The van der Waals surface area contributed by atoms with Crippen LogP contribution in [0.1, 0.15) is 12.8 Å². The van der Waals surface area contributed by atoms with E-state index in [-0.39, 0.29) is 24.8 Å². The molecule has 1 N–H and O–H groups in total. The standard InChI is InChI=1S/C10H22N2O5S2/c1-11(7-8-18(2,14)15)19(16,17)12-5-3-10(9-13)4-6-12/h10,13H,3-9H2,1-2H3. The third kappa shape index (κ3) is 4.99. The molecule has 0 unspecified atom stereocenters. The Morgan fingerprint density at radius 3 is 2.16 bits per heavy atom. The van der Waals surface area contributed by atoms with Crippen molar-refractivity contribution in [2.75, 3.05) is 45.3 Å². The number of aliphatic hydroxyl groups is 1. The van der Waals surface area contributed by atoms with Gasteiger partial charge in [-0.2, -0.15) is 17.0 Å². The molecule has 114 valence electrons. The normalized spacial score (nSPS) is 20.0. The van der Waals surface area contributed by atoms with Gasteiger partial charge in [-0.05, 0) is 18.8 Å². The molecule has 1 saturated heterocycles. The molecular weight excluding hydrogens is 292 g/mol. The minimum Gasteiger partial charge on any atom is -0.396 e. The number of rotatable bonds is 6. The number of aliphatic hydroxyl groups excluding tert-OH is 1. The first-order valence-electron chi connectivity index (χ1n) is 6.17. The lowest BCUT2D eigenvalue weighted by Gasteiger charge is -2.33. The van der Waals surface area contributed by atoms with Crippen molar-refractivity contribution in [1.29, 1.82) is 0 Å². The van der Waals surface area contributed by atoms with Crippen molar-refractivity contribution in [3.63, 3.8) is 0 Å². The summed E-state index contributed by atoms with van der Waals surface area (Å²) in [5.74, 6) is -0.0247. The van der Waals surface area contributed by atoms with Crippen LogP contribution in [0.2, 0.25) is 0 Å². The lowest BCUT2D eigenvalue weighted by molar-refractivity contribution is 0.167. The van der Waals surface area contributed by atoms with E-state index in [1.807, 2.05) is 0 Å². The molecule has 0 radical (unpaired) electrons. The van der Waals surface area contributed by atoms with E-state index in [9.17, 15) is 16.8 Å². The Balaban J connectivity index is 2.60. The first-order chi connectivity index (χ1) is 8.66. The smallest absolute Gasteiger partial charge is 0.281 e. The molecule has 0 aromatic heterocycles. The SMILES string of the molecule is CN(CCS(C)(=O)=O)S(=O)(=O)N1CCC(CO)CC1. The van der Waals surface area contributed by atoms with Gasteiger partial charge in [-0.15, -0.1) is 0 Å². The van der Waals surface area contributed by atoms with Gasteiger partial charge in [-0.1, -0.05) is 0 Å². The van der Waals surface area contributed by atoms with Gasteiger partial charge in [0, 0.05) is 39.5 Å². The molecule has 1 rings (SSSR count). The summed E-state index contributed by atoms with van der Waals surface area (Å²) in [6.07, 6.45) is 2.35. The molecule has 0 amide bonds. The topological polar surface area (TPSA) is 95.0 Å². The fourth-order valence-corrected chi connectivity index (χ4v) is 4.04. The van der Waals surface area contributed by atoms with Crippen LogP contribution >= 0.6 is 0 Å². The molecule has 1 aliphatic rings. The van der Waals surface area contributed by atoms with E-state index in [1.54, 1.807) is 0 Å². The van der Waals surface area contributed by atoms with Crippen LogP contribution in [0.25, 0.3) is 0 Å². The molecule has 7 nitrogen and oxygen atoms in total. The molecule has 1 fully saturated rings. The maximum atomic E-state index is 12.2. The zero-order valence-electron chi connectivity index (χ0n) is 11.3. The maximum Gasteiger partial charge on any atom is 0.281 e. The van der Waals surface area contributed by atoms with Crippen molar-refractivity contribution >= 4 is 20.0 Å². The Morgan fingerprint density at radius 1 is 1.21 bits per heavy atom. The largest absolute Gasteiger partial charge is 0.396 e. The van der Waals surface area contributed by atoms with Crippen molar-refractivity contribution in [3.05, 3.63) is 0 Å². The Morgan fingerprint density at radius 2 is 1.74 bits per heavy atom. The zero-order chi connectivity index (χ0) is 14.7. The molecule has 0 spiro atoms. The maximum absolute atomic E-state index is 12.2. The van der Waals surface area contributed by atoms with Crippen molar-refractivity contribution in [1.82, 2.24) is 8.61 Å². The Kier molecular flexibility index (Phi) is 5.75. The van der Waals surface area contributed by atoms with E-state index >= 15 is 0 Å². The predicted octanol–water partition coefficient (Wildman–Crippen LogP) is -1.09. The second-order valence-electron chi connectivity index (χ2n) is 4.98. The lowest BCUT2D eigenvalue weighted by Crippen LogP contribution is -2.47. The highest BCUT2D eigenvalue weighted by molar-refractivity contribution is 7.90. The van der Waals surface area contributed by atoms with Crippen LogP contribution in [0, 0.1) is 5.92 Å². The Bertz CT molecular complexity index is 480. The number of sulfone groups is 1. The van der Waals surface area contributed by atoms with Crippen LogP contribution < -0.4 is 0 Å². The van der Waals surface area contributed by atoms with Gasteiger partial charge in [0.2, 0.25) is 0 Å². The summed E-state index contributed by atoms with van der Waals surface area (Å²) in [7, 11) is -5.39. The summed E-state index contributed by atoms with van der Waals surface area (Å²) >= 11 is 0. The molecule has 1 aliphatic heterocycles. The molecule has 0 aromatic rings. The second kappa shape index (κ2) is 6.49. The summed E-state index contributed by atoms with van der Waals surface area (Å²) < 4.78 is 48.9. The first kappa shape index (κ1) is 16.8. The minimum atomic E-state index is -3.60. The molecule has 19 heavy (non-hydrogen) atoms. The van der Waals surface area contributed by atoms with Gasteiger partial charge in [0.1, 0.15) is 9.84 Å². The molecule has 0 saturated carbocycles. The minimum absolute atomic E-state index is 0.0406. The molecule has 0 bridgehead atoms. The highest BCUT2D eigenvalue weighted by atomic mass is 32.2. The lowest BCUT2D eigenvalue weighted by atomic mass is 10.00. The summed E-state index contributed by atoms with van der Waals surface area (Å²) in [5, 5.41) is 9.02. The number of piperidine rings is 1. The molecular formula is C10H22N2O5S2. The van der Waals surface area contributed by atoms with Gasteiger partial charge >= 0.3 is 0 Å². The van der Waals surface area contributed by atoms with Crippen molar-refractivity contribution in [2.24, 2.45) is 5.92 Å². The third-order valence-corrected chi connectivity index (χ3v) is 6.24. The van der Waals surface area contributed by atoms with Crippen LogP contribution in [-0.2, 0) is 20.0 Å². The Hall–Kier alpha value is -0.220.